The normalized spacial score (nSPS) is 20.3. The number of β-amino-alcohol motifs (C(OH)–C–C–N with tert-alkyl or cyclic N) is 1. The average Bonchev–Trinajstić information content (AvgIpc) is 3.30. The Morgan fingerprint density at radius 3 is 3.03 bits per heavy atom. The second-order valence-electron chi connectivity index (χ2n) is 8.29. The van der Waals surface area contributed by atoms with Gasteiger partial charge in [-0.25, -0.2) is 9.37 Å². The fourth-order valence-electron chi connectivity index (χ4n) is 4.34. The van der Waals surface area contributed by atoms with Gasteiger partial charge in [-0.1, -0.05) is 4.49 Å². The molecule has 0 unspecified atom stereocenters. The number of hydrogen-bond donors (Lipinski definition) is 2. The van der Waals surface area contributed by atoms with Crippen LogP contribution in [0.1, 0.15) is 23.7 Å². The summed E-state index contributed by atoms with van der Waals surface area (Å²) in [6, 6.07) is 9.11. The molecule has 0 spiro atoms. The van der Waals surface area contributed by atoms with Gasteiger partial charge in [-0.3, -0.25) is 9.88 Å². The number of aliphatic hydroxyl groups is 1. The van der Waals surface area contributed by atoms with Crippen molar-refractivity contribution in [2.75, 3.05) is 26.7 Å². The second kappa shape index (κ2) is 9.60. The number of likely N-dealkylation sites (tertiary alicyclic amines) is 1. The monoisotopic (exact) mass is 468 g/mol. The molecule has 1 aliphatic rings. The minimum atomic E-state index is -1.03. The van der Waals surface area contributed by atoms with E-state index in [-0.39, 0.29) is 12.6 Å². The molecule has 0 bridgehead atoms. The van der Waals surface area contributed by atoms with Crippen molar-refractivity contribution in [2.24, 2.45) is 0 Å². The molecular weight excluding hydrogens is 443 g/mol. The van der Waals surface area contributed by atoms with E-state index in [1.165, 1.54) is 11.5 Å². The molecule has 10 heteroatoms. The highest BCUT2D eigenvalue weighted by Gasteiger charge is 2.30. The van der Waals surface area contributed by atoms with Crippen molar-refractivity contribution in [3.63, 3.8) is 0 Å². The van der Waals surface area contributed by atoms with Gasteiger partial charge in [-0.15, -0.1) is 5.10 Å². The molecule has 1 aromatic carbocycles. The third-order valence-electron chi connectivity index (χ3n) is 6.13. The lowest BCUT2D eigenvalue weighted by Crippen LogP contribution is -2.51. The first-order valence-corrected chi connectivity index (χ1v) is 11.7. The number of nitrogens with one attached hydrogen (secondary N) is 1. The van der Waals surface area contributed by atoms with Crippen molar-refractivity contribution in [2.45, 2.75) is 31.3 Å². The number of pyridine rings is 2. The number of halogens is 1. The number of ether oxygens (including phenoxy) is 1. The van der Waals surface area contributed by atoms with Gasteiger partial charge in [0.15, 0.2) is 4.83 Å². The van der Waals surface area contributed by atoms with E-state index in [1.54, 1.807) is 19.5 Å². The third-order valence-corrected chi connectivity index (χ3v) is 6.78. The van der Waals surface area contributed by atoms with Crippen LogP contribution in [0.25, 0.3) is 21.3 Å². The van der Waals surface area contributed by atoms with Crippen LogP contribution in [0.4, 0.5) is 4.39 Å². The largest absolute Gasteiger partial charge is 0.497 e. The summed E-state index contributed by atoms with van der Waals surface area (Å²) in [6.45, 7) is 1.86. The summed E-state index contributed by atoms with van der Waals surface area (Å²) >= 11 is 1.26. The maximum Gasteiger partial charge on any atom is 0.163 e. The number of fused-ring (bicyclic) bond motifs is 2. The Morgan fingerprint density at radius 2 is 2.18 bits per heavy atom. The Hall–Kier alpha value is -2.79. The van der Waals surface area contributed by atoms with E-state index in [4.69, 9.17) is 4.74 Å². The standard InChI is InChI=1S/C23H25FN6O2S/c1-32-15-2-3-19-17(9-15)16(4-6-25-19)22(31)13-30-7-5-20(18(24)12-30)26-10-14-8-21-23(27-11-14)33-29-28-21/h2-4,6,8-9,11,18,20,22,26,31H,5,7,10,12-13H2,1H3/t18-,20+,22+/m1/s1. The minimum Gasteiger partial charge on any atom is -0.497 e. The highest BCUT2D eigenvalue weighted by atomic mass is 32.1. The van der Waals surface area contributed by atoms with Gasteiger partial charge in [0, 0.05) is 55.0 Å². The predicted molar refractivity (Wildman–Crippen MR) is 125 cm³/mol. The molecule has 1 aliphatic heterocycles. The number of benzene rings is 1. The smallest absolute Gasteiger partial charge is 0.163 e. The van der Waals surface area contributed by atoms with Crippen molar-refractivity contribution < 1.29 is 14.2 Å². The summed E-state index contributed by atoms with van der Waals surface area (Å²) in [5.41, 5.74) is 3.29. The topological polar surface area (TPSA) is 96.3 Å². The van der Waals surface area contributed by atoms with E-state index in [0.29, 0.717) is 31.8 Å². The molecule has 0 saturated carbocycles. The van der Waals surface area contributed by atoms with Crippen LogP contribution in [0, 0.1) is 0 Å². The van der Waals surface area contributed by atoms with Gasteiger partial charge in [0.1, 0.15) is 17.4 Å². The maximum atomic E-state index is 15.0. The number of nitrogens with zero attached hydrogens (tertiary/aromatic N) is 5. The van der Waals surface area contributed by atoms with E-state index >= 15 is 0 Å². The van der Waals surface area contributed by atoms with E-state index in [2.05, 4.69) is 24.9 Å². The van der Waals surface area contributed by atoms with E-state index in [1.807, 2.05) is 35.2 Å². The van der Waals surface area contributed by atoms with Crippen molar-refractivity contribution in [1.29, 1.82) is 0 Å². The Morgan fingerprint density at radius 1 is 1.27 bits per heavy atom. The molecule has 33 heavy (non-hydrogen) atoms. The zero-order valence-corrected chi connectivity index (χ0v) is 19.0. The molecule has 1 fully saturated rings. The molecule has 2 N–H and O–H groups in total. The number of rotatable bonds is 7. The molecule has 0 aliphatic carbocycles. The molecule has 3 atom stereocenters. The van der Waals surface area contributed by atoms with Crippen LogP contribution in [0.15, 0.2) is 42.7 Å². The fourth-order valence-corrected chi connectivity index (χ4v) is 4.84. The highest BCUT2D eigenvalue weighted by Crippen LogP contribution is 2.28. The van der Waals surface area contributed by atoms with E-state index < -0.39 is 12.3 Å². The quantitative estimate of drug-likeness (QED) is 0.428. The van der Waals surface area contributed by atoms with E-state index in [9.17, 15) is 9.50 Å². The summed E-state index contributed by atoms with van der Waals surface area (Å²) < 4.78 is 24.2. The van der Waals surface area contributed by atoms with Gasteiger partial charge in [0.05, 0.1) is 18.7 Å². The molecule has 5 rings (SSSR count). The molecule has 0 radical (unpaired) electrons. The zero-order chi connectivity index (χ0) is 22.8. The van der Waals surface area contributed by atoms with Gasteiger partial charge in [-0.05, 0) is 54.4 Å². The Labute approximate surface area is 194 Å². The van der Waals surface area contributed by atoms with Crippen LogP contribution >= 0.6 is 11.5 Å². The summed E-state index contributed by atoms with van der Waals surface area (Å²) in [4.78, 5) is 11.5. The summed E-state index contributed by atoms with van der Waals surface area (Å²) in [5, 5.41) is 19.1. The van der Waals surface area contributed by atoms with Crippen LogP contribution in [0.3, 0.4) is 0 Å². The van der Waals surface area contributed by atoms with Gasteiger partial charge in [0.2, 0.25) is 0 Å². The lowest BCUT2D eigenvalue weighted by molar-refractivity contribution is 0.0571. The summed E-state index contributed by atoms with van der Waals surface area (Å²) in [5.74, 6) is 0.708. The van der Waals surface area contributed by atoms with Crippen molar-refractivity contribution in [3.05, 3.63) is 53.9 Å². The van der Waals surface area contributed by atoms with Gasteiger partial charge >= 0.3 is 0 Å². The Balaban J connectivity index is 1.19. The molecule has 4 heterocycles. The van der Waals surface area contributed by atoms with Crippen molar-refractivity contribution in [1.82, 2.24) is 29.8 Å². The van der Waals surface area contributed by atoms with Crippen LogP contribution in [0.2, 0.25) is 0 Å². The summed E-state index contributed by atoms with van der Waals surface area (Å²) in [6.07, 6.45) is 2.35. The maximum absolute atomic E-state index is 15.0. The first-order chi connectivity index (χ1) is 16.1. The molecule has 4 aromatic rings. The van der Waals surface area contributed by atoms with Crippen molar-refractivity contribution >= 4 is 32.8 Å². The van der Waals surface area contributed by atoms with Crippen molar-refractivity contribution in [3.8, 4) is 5.75 Å². The molecule has 1 saturated heterocycles. The zero-order valence-electron chi connectivity index (χ0n) is 18.2. The first kappa shape index (κ1) is 22.0. The first-order valence-electron chi connectivity index (χ1n) is 10.9. The minimum absolute atomic E-state index is 0.242. The van der Waals surface area contributed by atoms with Crippen LogP contribution in [0.5, 0.6) is 5.75 Å². The average molecular weight is 469 g/mol. The van der Waals surface area contributed by atoms with Crippen LogP contribution in [-0.2, 0) is 6.54 Å². The number of methoxy groups -OCH3 is 1. The second-order valence-corrected chi connectivity index (χ2v) is 9.02. The van der Waals surface area contributed by atoms with Gasteiger partial charge in [-0.2, -0.15) is 0 Å². The number of alkyl halides is 1. The Bertz CT molecular complexity index is 1250. The summed E-state index contributed by atoms with van der Waals surface area (Å²) in [7, 11) is 1.61. The van der Waals surface area contributed by atoms with Crippen LogP contribution < -0.4 is 10.1 Å². The molecule has 3 aromatic heterocycles. The van der Waals surface area contributed by atoms with E-state index in [0.717, 1.165) is 32.4 Å². The third kappa shape index (κ3) is 4.79. The van der Waals surface area contributed by atoms with Crippen LogP contribution in [-0.4, -0.2) is 68.5 Å². The predicted octanol–water partition coefficient (Wildman–Crippen LogP) is 2.88. The fraction of sp³-hybridized carbons (Fsp3) is 0.391. The lowest BCUT2D eigenvalue weighted by atomic mass is 10.00. The lowest BCUT2D eigenvalue weighted by Gasteiger charge is -2.36. The molecular formula is C23H25FN6O2S. The van der Waals surface area contributed by atoms with Gasteiger partial charge in [0.25, 0.3) is 0 Å². The highest BCUT2D eigenvalue weighted by molar-refractivity contribution is 7.12. The number of aromatic nitrogens is 4. The number of hydrogen-bond acceptors (Lipinski definition) is 9. The van der Waals surface area contributed by atoms with Gasteiger partial charge < -0.3 is 15.2 Å². The molecule has 0 amide bonds. The SMILES string of the molecule is COc1ccc2nccc([C@@H](O)CN3CC[C@H](NCc4cnc5snnc5c4)[C@H](F)C3)c2c1. The number of aliphatic hydroxyl groups excluding tert-OH is 1. The Kier molecular flexibility index (Phi) is 6.41. The number of piperidine rings is 1. The molecule has 172 valence electrons. The molecule has 8 nitrogen and oxygen atoms in total.